The first-order chi connectivity index (χ1) is 13.8. The molecule has 1 saturated heterocycles. The van der Waals surface area contributed by atoms with Gasteiger partial charge in [-0.15, -0.1) is 11.3 Å². The van der Waals surface area contributed by atoms with Gasteiger partial charge in [-0.05, 0) is 52.3 Å². The predicted octanol–water partition coefficient (Wildman–Crippen LogP) is 4.60. The Morgan fingerprint density at radius 1 is 1.28 bits per heavy atom. The van der Waals surface area contributed by atoms with Crippen LogP contribution in [0.2, 0.25) is 0 Å². The highest BCUT2D eigenvalue weighted by Gasteiger charge is 2.27. The summed E-state index contributed by atoms with van der Waals surface area (Å²) >= 11 is 1.70. The summed E-state index contributed by atoms with van der Waals surface area (Å²) in [7, 11) is 1.96. The molecule has 6 heteroatoms. The van der Waals surface area contributed by atoms with E-state index in [-0.39, 0.29) is 17.7 Å². The van der Waals surface area contributed by atoms with Gasteiger partial charge in [-0.1, -0.05) is 38.1 Å². The topological polar surface area (TPSA) is 63.2 Å². The molecule has 3 rings (SSSR count). The second-order valence-electron chi connectivity index (χ2n) is 7.73. The van der Waals surface area contributed by atoms with Crippen LogP contribution in [0.15, 0.2) is 29.8 Å². The van der Waals surface area contributed by atoms with Crippen molar-refractivity contribution in [3.63, 3.8) is 0 Å². The molecule has 0 unspecified atom stereocenters. The lowest BCUT2D eigenvalue weighted by molar-refractivity contribution is -0.109. The Balaban J connectivity index is 0.000000273. The van der Waals surface area contributed by atoms with E-state index in [4.69, 9.17) is 4.74 Å². The van der Waals surface area contributed by atoms with Gasteiger partial charge in [0.1, 0.15) is 6.29 Å². The largest absolute Gasteiger partial charge is 0.371 e. The maximum atomic E-state index is 10.4. The summed E-state index contributed by atoms with van der Waals surface area (Å²) in [4.78, 5) is 15.9. The van der Waals surface area contributed by atoms with Crippen LogP contribution in [0.4, 0.5) is 0 Å². The maximum absolute atomic E-state index is 10.4. The van der Waals surface area contributed by atoms with Gasteiger partial charge in [-0.2, -0.15) is 0 Å². The van der Waals surface area contributed by atoms with Gasteiger partial charge in [0.15, 0.2) is 0 Å². The third-order valence-electron chi connectivity index (χ3n) is 4.15. The lowest BCUT2D eigenvalue weighted by Gasteiger charge is -2.24. The van der Waals surface area contributed by atoms with E-state index in [0.717, 1.165) is 31.5 Å². The number of aromatic nitrogens is 1. The standard InChI is InChI=1S/C12H14N2S.C9H17NO2.C2H6/c1-9-12(15-8-14-9)11-5-3-10(4-6-11)7-13-2;1-9(2,3)12-8-4-7(6-11)10-5-8;1-2/h3-6,8,13H,7H2,1-2H3;6-8,10H,4-5H2,1-3H3;1-2H3/t;7-,8+;/m.0./s1. The van der Waals surface area contributed by atoms with Crippen LogP contribution in [-0.4, -0.2) is 42.6 Å². The molecule has 0 radical (unpaired) electrons. The number of carbonyl (C=O) groups excluding carboxylic acids is 1. The van der Waals surface area contributed by atoms with Gasteiger partial charge < -0.3 is 20.2 Å². The van der Waals surface area contributed by atoms with Crippen molar-refractivity contribution in [2.45, 2.75) is 72.3 Å². The summed E-state index contributed by atoms with van der Waals surface area (Å²) in [6.45, 7) is 13.8. The molecule has 0 bridgehead atoms. The minimum Gasteiger partial charge on any atom is -0.371 e. The van der Waals surface area contributed by atoms with Crippen molar-refractivity contribution in [3.8, 4) is 10.4 Å². The van der Waals surface area contributed by atoms with Crippen molar-refractivity contribution in [1.82, 2.24) is 15.6 Å². The van der Waals surface area contributed by atoms with E-state index in [1.54, 1.807) is 11.3 Å². The van der Waals surface area contributed by atoms with Crippen LogP contribution in [-0.2, 0) is 16.1 Å². The molecule has 1 aliphatic heterocycles. The van der Waals surface area contributed by atoms with E-state index in [0.29, 0.717) is 0 Å². The Morgan fingerprint density at radius 3 is 2.38 bits per heavy atom. The molecule has 162 valence electrons. The lowest BCUT2D eigenvalue weighted by atomic mass is 10.1. The normalized spacial score (nSPS) is 18.3. The first-order valence-electron chi connectivity index (χ1n) is 10.3. The number of ether oxygens (including phenoxy) is 1. The summed E-state index contributed by atoms with van der Waals surface area (Å²) < 4.78 is 5.71. The van der Waals surface area contributed by atoms with Gasteiger partial charge in [0.05, 0.1) is 33.8 Å². The number of thiazole rings is 1. The van der Waals surface area contributed by atoms with Crippen molar-refractivity contribution in [1.29, 1.82) is 0 Å². The first-order valence-corrected chi connectivity index (χ1v) is 11.2. The second-order valence-corrected chi connectivity index (χ2v) is 8.59. The molecular weight excluding hydrogens is 382 g/mol. The third kappa shape index (κ3) is 9.17. The Labute approximate surface area is 180 Å². The van der Waals surface area contributed by atoms with Crippen molar-refractivity contribution in [2.24, 2.45) is 0 Å². The van der Waals surface area contributed by atoms with Crippen LogP contribution in [0.1, 0.15) is 52.3 Å². The SMILES string of the molecule is CC.CC(C)(C)O[C@H]1CN[C@H](C=O)C1.CNCc1ccc(-c2scnc2C)cc1. The number of hydrogen-bond acceptors (Lipinski definition) is 6. The van der Waals surface area contributed by atoms with Crippen LogP contribution in [0.25, 0.3) is 10.4 Å². The quantitative estimate of drug-likeness (QED) is 0.694. The van der Waals surface area contributed by atoms with E-state index in [1.807, 2.05) is 54.1 Å². The predicted molar refractivity (Wildman–Crippen MR) is 123 cm³/mol. The Hall–Kier alpha value is -1.60. The molecule has 1 aromatic carbocycles. The Kier molecular flexibility index (Phi) is 11.3. The van der Waals surface area contributed by atoms with Crippen LogP contribution in [0.5, 0.6) is 0 Å². The van der Waals surface area contributed by atoms with Crippen molar-refractivity contribution in [2.75, 3.05) is 13.6 Å². The van der Waals surface area contributed by atoms with E-state index in [1.165, 1.54) is 16.0 Å². The van der Waals surface area contributed by atoms with Crippen LogP contribution in [0, 0.1) is 6.92 Å². The maximum Gasteiger partial charge on any atom is 0.136 e. The van der Waals surface area contributed by atoms with Gasteiger partial charge in [0, 0.05) is 13.1 Å². The minimum absolute atomic E-state index is 0.00245. The Bertz CT molecular complexity index is 708. The first kappa shape index (κ1) is 25.4. The summed E-state index contributed by atoms with van der Waals surface area (Å²) in [5.41, 5.74) is 5.47. The number of nitrogens with one attached hydrogen (secondary N) is 2. The molecule has 29 heavy (non-hydrogen) atoms. The number of nitrogens with zero attached hydrogens (tertiary/aromatic N) is 1. The third-order valence-corrected chi connectivity index (χ3v) is 5.13. The van der Waals surface area contributed by atoms with E-state index in [9.17, 15) is 4.79 Å². The molecular formula is C23H37N3O2S. The average molecular weight is 420 g/mol. The molecule has 2 heterocycles. The molecule has 0 aliphatic carbocycles. The lowest BCUT2D eigenvalue weighted by Crippen LogP contribution is -2.28. The van der Waals surface area contributed by atoms with Gasteiger partial charge in [-0.3, -0.25) is 0 Å². The molecule has 0 amide bonds. The number of rotatable bonds is 5. The zero-order valence-electron chi connectivity index (χ0n) is 18.9. The highest BCUT2D eigenvalue weighted by molar-refractivity contribution is 7.13. The number of carbonyl (C=O) groups is 1. The molecule has 2 N–H and O–H groups in total. The van der Waals surface area contributed by atoms with Crippen LogP contribution in [0.3, 0.4) is 0 Å². The fraction of sp³-hybridized carbons (Fsp3) is 0.565. The minimum atomic E-state index is -0.107. The van der Waals surface area contributed by atoms with Crippen molar-refractivity contribution < 1.29 is 9.53 Å². The second kappa shape index (κ2) is 12.9. The van der Waals surface area contributed by atoms with E-state index < -0.39 is 0 Å². The van der Waals surface area contributed by atoms with Crippen LogP contribution < -0.4 is 10.6 Å². The summed E-state index contributed by atoms with van der Waals surface area (Å²) in [5, 5.41) is 6.23. The van der Waals surface area contributed by atoms with Gasteiger partial charge in [-0.25, -0.2) is 4.98 Å². The highest BCUT2D eigenvalue weighted by Crippen LogP contribution is 2.27. The number of benzene rings is 1. The molecule has 5 nitrogen and oxygen atoms in total. The van der Waals surface area contributed by atoms with Gasteiger partial charge in [0.25, 0.3) is 0 Å². The van der Waals surface area contributed by atoms with Gasteiger partial charge in [0.2, 0.25) is 0 Å². The molecule has 2 atom stereocenters. The fourth-order valence-electron chi connectivity index (χ4n) is 2.98. The zero-order valence-corrected chi connectivity index (χ0v) is 19.7. The molecule has 1 fully saturated rings. The monoisotopic (exact) mass is 419 g/mol. The highest BCUT2D eigenvalue weighted by atomic mass is 32.1. The summed E-state index contributed by atoms with van der Waals surface area (Å²) in [6, 6.07) is 8.63. The van der Waals surface area contributed by atoms with Crippen molar-refractivity contribution in [3.05, 3.63) is 41.0 Å². The summed E-state index contributed by atoms with van der Waals surface area (Å²) in [5.74, 6) is 0. The average Bonchev–Trinajstić information content (AvgIpc) is 3.32. The fourth-order valence-corrected chi connectivity index (χ4v) is 3.79. The van der Waals surface area contributed by atoms with Crippen LogP contribution >= 0.6 is 11.3 Å². The zero-order chi connectivity index (χ0) is 21.9. The molecule has 0 spiro atoms. The number of aldehydes is 1. The number of hydrogen-bond donors (Lipinski definition) is 2. The van der Waals surface area contributed by atoms with Gasteiger partial charge >= 0.3 is 0 Å². The van der Waals surface area contributed by atoms with Crippen molar-refractivity contribution >= 4 is 17.6 Å². The van der Waals surface area contributed by atoms with E-state index >= 15 is 0 Å². The smallest absolute Gasteiger partial charge is 0.136 e. The molecule has 1 aromatic heterocycles. The molecule has 2 aromatic rings. The Morgan fingerprint density at radius 2 is 1.93 bits per heavy atom. The number of aryl methyl sites for hydroxylation is 1. The molecule has 1 aliphatic rings. The summed E-state index contributed by atoms with van der Waals surface area (Å²) in [6.07, 6.45) is 1.95. The van der Waals surface area contributed by atoms with E-state index in [2.05, 4.69) is 39.9 Å². The molecule has 0 saturated carbocycles.